The molecule has 6 nitrogen and oxygen atoms in total. The van der Waals surface area contributed by atoms with Crippen LogP contribution in [-0.2, 0) is 14.3 Å². The highest BCUT2D eigenvalue weighted by Gasteiger charge is 1.96. The van der Waals surface area contributed by atoms with Crippen molar-refractivity contribution in [2.24, 2.45) is 11.7 Å². The second kappa shape index (κ2) is 20.4. The molecule has 0 bridgehead atoms. The van der Waals surface area contributed by atoms with Crippen LogP contribution in [0.25, 0.3) is 0 Å². The Kier molecular flexibility index (Phi) is 25.6. The maximum atomic E-state index is 10.4. The summed E-state index contributed by atoms with van der Waals surface area (Å²) in [6.45, 7) is 4.59. The van der Waals surface area contributed by atoms with Gasteiger partial charge in [-0.25, -0.2) is 0 Å². The van der Waals surface area contributed by atoms with E-state index in [-0.39, 0.29) is 25.1 Å². The Morgan fingerprint density at radius 2 is 1.76 bits per heavy atom. The number of ether oxygens (including phenoxy) is 1. The summed E-state index contributed by atoms with van der Waals surface area (Å²) in [5.74, 6) is -0.103. The van der Waals surface area contributed by atoms with Gasteiger partial charge in [-0.05, 0) is 19.4 Å². The molecule has 0 radical (unpaired) electrons. The first kappa shape index (κ1) is 21.3. The second-order valence-corrected chi connectivity index (χ2v) is 3.29. The van der Waals surface area contributed by atoms with Crippen LogP contribution in [0.15, 0.2) is 0 Å². The highest BCUT2D eigenvalue weighted by molar-refractivity contribution is 5.68. The number of methoxy groups -OCH3 is 1. The lowest BCUT2D eigenvalue weighted by atomic mass is 10.2. The number of rotatable bonds is 6. The number of hydrogen-bond acceptors (Lipinski definition) is 6. The lowest BCUT2D eigenvalue weighted by molar-refractivity contribution is -0.140. The first-order valence-corrected chi connectivity index (χ1v) is 5.39. The fourth-order valence-electron chi connectivity index (χ4n) is 0.573. The molecule has 0 aromatic heterocycles. The average molecular weight is 251 g/mol. The third kappa shape index (κ3) is 25.4. The minimum absolute atomic E-state index is 0.0463. The summed E-state index contributed by atoms with van der Waals surface area (Å²) in [4.78, 5) is 18.4. The summed E-state index contributed by atoms with van der Waals surface area (Å²) >= 11 is 0. The van der Waals surface area contributed by atoms with Gasteiger partial charge in [-0.15, -0.1) is 0 Å². The highest BCUT2D eigenvalue weighted by atomic mass is 16.5. The van der Waals surface area contributed by atoms with Crippen molar-refractivity contribution in [2.45, 2.75) is 26.2 Å². The molecule has 0 fully saturated rings. The first-order chi connectivity index (χ1) is 8.12. The predicted molar refractivity (Wildman–Crippen MR) is 65.4 cm³/mol. The fraction of sp³-hybridized carbons (Fsp3) is 0.818. The molecule has 0 spiro atoms. The van der Waals surface area contributed by atoms with E-state index in [2.05, 4.69) is 4.74 Å². The van der Waals surface area contributed by atoms with Gasteiger partial charge in [0.1, 0.15) is 6.79 Å². The Balaban J connectivity index is -0.000000213. The van der Waals surface area contributed by atoms with E-state index in [1.54, 1.807) is 6.92 Å². The minimum Gasteiger partial charge on any atom is -0.469 e. The molecule has 0 aliphatic rings. The maximum Gasteiger partial charge on any atom is 0.305 e. The molecule has 0 rings (SSSR count). The quantitative estimate of drug-likeness (QED) is 0.442. The van der Waals surface area contributed by atoms with Crippen LogP contribution < -0.4 is 5.73 Å². The summed E-state index contributed by atoms with van der Waals surface area (Å²) in [5.41, 5.74) is 5.20. The Labute approximate surface area is 103 Å². The van der Waals surface area contributed by atoms with E-state index >= 15 is 0 Å². The van der Waals surface area contributed by atoms with Gasteiger partial charge in [0.15, 0.2) is 0 Å². The molecule has 0 aliphatic carbocycles. The maximum absolute atomic E-state index is 10.4. The van der Waals surface area contributed by atoms with Gasteiger partial charge in [0.25, 0.3) is 0 Å². The van der Waals surface area contributed by atoms with Crippen molar-refractivity contribution in [1.29, 1.82) is 0 Å². The average Bonchev–Trinajstić information content (AvgIpc) is 2.40. The summed E-state index contributed by atoms with van der Waals surface area (Å²) in [6, 6.07) is 0. The monoisotopic (exact) mass is 251 g/mol. The Bertz CT molecular complexity index is 151. The van der Waals surface area contributed by atoms with Crippen molar-refractivity contribution < 1.29 is 24.5 Å². The molecular formula is C11H25NO5. The van der Waals surface area contributed by atoms with Crippen molar-refractivity contribution in [3.63, 3.8) is 0 Å². The van der Waals surface area contributed by atoms with Crippen LogP contribution in [0.4, 0.5) is 0 Å². The minimum atomic E-state index is -0.150. The number of aliphatic hydroxyl groups is 2. The zero-order valence-electron chi connectivity index (χ0n) is 10.7. The number of unbranched alkanes of at least 4 members (excludes halogenated alkanes) is 1. The zero-order chi connectivity index (χ0) is 14.1. The fourth-order valence-corrected chi connectivity index (χ4v) is 0.573. The van der Waals surface area contributed by atoms with E-state index in [1.807, 2.05) is 6.79 Å². The molecule has 0 amide bonds. The van der Waals surface area contributed by atoms with Crippen LogP contribution >= 0.6 is 0 Å². The van der Waals surface area contributed by atoms with Crippen LogP contribution in [0.2, 0.25) is 0 Å². The van der Waals surface area contributed by atoms with Crippen molar-refractivity contribution in [3.8, 4) is 0 Å². The topological polar surface area (TPSA) is 110 Å². The van der Waals surface area contributed by atoms with Crippen molar-refractivity contribution in [3.05, 3.63) is 0 Å². The Morgan fingerprint density at radius 1 is 1.29 bits per heavy atom. The molecular weight excluding hydrogens is 226 g/mol. The third-order valence-corrected chi connectivity index (χ3v) is 1.69. The number of aliphatic hydroxyl groups excluding tert-OH is 2. The molecule has 0 aromatic carbocycles. The van der Waals surface area contributed by atoms with Crippen molar-refractivity contribution in [1.82, 2.24) is 0 Å². The number of carbonyl (C=O) groups is 2. The Morgan fingerprint density at radius 3 is 2.00 bits per heavy atom. The third-order valence-electron chi connectivity index (χ3n) is 1.69. The SMILES string of the molecule is C=O.CC(CO)CO.COC(=O)CCCCN. The second-order valence-electron chi connectivity index (χ2n) is 3.29. The van der Waals surface area contributed by atoms with Gasteiger partial charge in [-0.1, -0.05) is 6.92 Å². The van der Waals surface area contributed by atoms with Gasteiger partial charge in [0.05, 0.1) is 7.11 Å². The van der Waals surface area contributed by atoms with Gasteiger partial charge >= 0.3 is 5.97 Å². The molecule has 0 aliphatic heterocycles. The molecule has 17 heavy (non-hydrogen) atoms. The highest BCUT2D eigenvalue weighted by Crippen LogP contribution is 1.94. The standard InChI is InChI=1S/C6H13NO2.C4H10O2.CH2O/c1-9-6(8)4-2-3-5-7;1-4(2-5)3-6;1-2/h2-5,7H2,1H3;4-6H,2-3H2,1H3;1H2. The van der Waals surface area contributed by atoms with Gasteiger partial charge in [-0.2, -0.15) is 0 Å². The molecule has 104 valence electrons. The van der Waals surface area contributed by atoms with E-state index in [4.69, 9.17) is 20.7 Å². The lowest BCUT2D eigenvalue weighted by Gasteiger charge is -1.97. The zero-order valence-corrected chi connectivity index (χ0v) is 10.7. The lowest BCUT2D eigenvalue weighted by Crippen LogP contribution is -2.04. The van der Waals surface area contributed by atoms with E-state index in [9.17, 15) is 4.79 Å². The number of nitrogens with two attached hydrogens (primary N) is 1. The number of carbonyl (C=O) groups excluding carboxylic acids is 2. The van der Waals surface area contributed by atoms with Crippen LogP contribution in [0.1, 0.15) is 26.2 Å². The first-order valence-electron chi connectivity index (χ1n) is 5.39. The molecule has 0 saturated heterocycles. The van der Waals surface area contributed by atoms with Gasteiger partial charge < -0.3 is 25.5 Å². The smallest absolute Gasteiger partial charge is 0.305 e. The number of hydrogen-bond donors (Lipinski definition) is 3. The largest absolute Gasteiger partial charge is 0.469 e. The van der Waals surface area contributed by atoms with E-state index in [0.717, 1.165) is 12.8 Å². The van der Waals surface area contributed by atoms with Gasteiger partial charge in [0, 0.05) is 25.6 Å². The molecule has 0 unspecified atom stereocenters. The molecule has 0 heterocycles. The molecule has 0 saturated carbocycles. The van der Waals surface area contributed by atoms with Crippen LogP contribution in [-0.4, -0.2) is 49.8 Å². The van der Waals surface area contributed by atoms with Crippen molar-refractivity contribution in [2.75, 3.05) is 26.9 Å². The number of esters is 1. The van der Waals surface area contributed by atoms with E-state index in [0.29, 0.717) is 13.0 Å². The predicted octanol–water partition coefficient (Wildman–Crippen LogP) is -0.289. The van der Waals surface area contributed by atoms with Crippen molar-refractivity contribution >= 4 is 12.8 Å². The summed E-state index contributed by atoms with van der Waals surface area (Å²) in [5, 5.41) is 16.3. The Hall–Kier alpha value is -0.980. The summed E-state index contributed by atoms with van der Waals surface area (Å²) in [6.07, 6.45) is 2.23. The van der Waals surface area contributed by atoms with Crippen LogP contribution in [0.5, 0.6) is 0 Å². The summed E-state index contributed by atoms with van der Waals surface area (Å²) < 4.78 is 4.42. The molecule has 0 aromatic rings. The summed E-state index contributed by atoms with van der Waals surface area (Å²) in [7, 11) is 1.39. The molecule has 4 N–H and O–H groups in total. The van der Waals surface area contributed by atoms with Crippen LogP contribution in [0, 0.1) is 5.92 Å². The van der Waals surface area contributed by atoms with Gasteiger partial charge in [0.2, 0.25) is 0 Å². The van der Waals surface area contributed by atoms with E-state index in [1.165, 1.54) is 7.11 Å². The van der Waals surface area contributed by atoms with Crippen LogP contribution in [0.3, 0.4) is 0 Å². The van der Waals surface area contributed by atoms with E-state index < -0.39 is 0 Å². The molecule has 0 atom stereocenters. The molecule has 6 heteroatoms. The normalized spacial score (nSPS) is 8.59. The van der Waals surface area contributed by atoms with Gasteiger partial charge in [-0.3, -0.25) is 4.79 Å².